The third kappa shape index (κ3) is 3.40. The van der Waals surface area contributed by atoms with Crippen LogP contribution in [0.1, 0.15) is 28.2 Å². The topological polar surface area (TPSA) is 6.25 Å². The minimum Gasteiger partial charge on any atom is -0.265 e. The fourth-order valence-electron chi connectivity index (χ4n) is 0.915. The highest BCUT2D eigenvalue weighted by atomic mass is 15.3. The highest BCUT2D eigenvalue weighted by Crippen LogP contribution is 1.93. The van der Waals surface area contributed by atoms with E-state index in [1.54, 1.807) is 0 Å². The van der Waals surface area contributed by atoms with Crippen LogP contribution < -0.4 is 0 Å². The molecule has 1 aliphatic heterocycles. The molecule has 68 valence electrons. The van der Waals surface area contributed by atoms with E-state index in [4.69, 9.17) is 0 Å². The van der Waals surface area contributed by atoms with Crippen LogP contribution in [-0.4, -0.2) is 42.5 Å². The maximum absolute atomic E-state index is 2.26. The van der Waals surface area contributed by atoms with Gasteiger partial charge in [0.2, 0.25) is 5.84 Å². The van der Waals surface area contributed by atoms with E-state index in [1.165, 1.54) is 18.9 Å². The molecule has 0 unspecified atom stereocenters. The van der Waals surface area contributed by atoms with Crippen molar-refractivity contribution in [1.29, 1.82) is 0 Å². The lowest BCUT2D eigenvalue weighted by molar-refractivity contribution is -0.487. The Morgan fingerprint density at radius 3 is 1.91 bits per heavy atom. The van der Waals surface area contributed by atoms with Gasteiger partial charge in [-0.05, 0) is 0 Å². The minimum absolute atomic E-state index is 0. The van der Waals surface area contributed by atoms with Crippen LogP contribution in [0.4, 0.5) is 0 Å². The van der Waals surface area contributed by atoms with Crippen molar-refractivity contribution in [2.75, 3.05) is 27.2 Å². The third-order valence-electron chi connectivity index (χ3n) is 1.88. The standard InChI is InChI=1S/C6H13N2.C2H6.CH4/c1-6-7(2)4-5-8(6)3;1-2;/h4-5H2,1-3H3;1-2H3;1H4/q+1;;. The summed E-state index contributed by atoms with van der Waals surface area (Å²) in [6, 6.07) is 0. The summed E-state index contributed by atoms with van der Waals surface area (Å²) in [5, 5.41) is 0. The van der Waals surface area contributed by atoms with Crippen LogP contribution in [0.25, 0.3) is 0 Å². The molecule has 0 saturated carbocycles. The molecular formula is C9H23N2+. The zero-order valence-electron chi connectivity index (χ0n) is 7.81. The van der Waals surface area contributed by atoms with E-state index in [9.17, 15) is 0 Å². The van der Waals surface area contributed by atoms with Gasteiger partial charge in [0.25, 0.3) is 0 Å². The Labute approximate surface area is 71.5 Å². The second-order valence-corrected chi connectivity index (χ2v) is 2.39. The molecule has 1 heterocycles. The number of hydrogen-bond donors (Lipinski definition) is 0. The summed E-state index contributed by atoms with van der Waals surface area (Å²) in [5.74, 6) is 1.38. The van der Waals surface area contributed by atoms with Crippen molar-refractivity contribution < 1.29 is 4.58 Å². The molecule has 0 aromatic rings. The first-order chi connectivity index (χ1) is 4.72. The van der Waals surface area contributed by atoms with E-state index in [-0.39, 0.29) is 7.43 Å². The second kappa shape index (κ2) is 6.20. The number of amidine groups is 1. The molecule has 1 rings (SSSR count). The maximum Gasteiger partial charge on any atom is 0.243 e. The second-order valence-electron chi connectivity index (χ2n) is 2.39. The SMILES string of the molecule is C.CC.CC1=[N+](C)CCN1C. The predicted molar refractivity (Wildman–Crippen MR) is 52.4 cm³/mol. The Hall–Kier alpha value is -0.530. The van der Waals surface area contributed by atoms with Crippen molar-refractivity contribution in [3.8, 4) is 0 Å². The fourth-order valence-corrected chi connectivity index (χ4v) is 0.915. The molecule has 2 nitrogen and oxygen atoms in total. The lowest BCUT2D eigenvalue weighted by Gasteiger charge is -1.98. The van der Waals surface area contributed by atoms with Gasteiger partial charge in [-0.3, -0.25) is 9.48 Å². The van der Waals surface area contributed by atoms with Crippen molar-refractivity contribution in [1.82, 2.24) is 4.90 Å². The number of nitrogens with zero attached hydrogens (tertiary/aromatic N) is 2. The molecule has 0 bridgehead atoms. The number of hydrogen-bond acceptors (Lipinski definition) is 1. The number of rotatable bonds is 0. The smallest absolute Gasteiger partial charge is 0.243 e. The quantitative estimate of drug-likeness (QED) is 0.487. The molecule has 0 atom stereocenters. The molecule has 11 heavy (non-hydrogen) atoms. The average Bonchev–Trinajstić information content (AvgIpc) is 2.25. The van der Waals surface area contributed by atoms with E-state index in [2.05, 4.69) is 30.5 Å². The summed E-state index contributed by atoms with van der Waals surface area (Å²) >= 11 is 0. The van der Waals surface area contributed by atoms with E-state index < -0.39 is 0 Å². The molecule has 0 aliphatic carbocycles. The number of likely N-dealkylation sites (N-methyl/N-ethyl adjacent to an activating group) is 2. The Morgan fingerprint density at radius 1 is 1.36 bits per heavy atom. The highest BCUT2D eigenvalue weighted by molar-refractivity contribution is 5.75. The molecule has 0 aromatic heterocycles. The van der Waals surface area contributed by atoms with Gasteiger partial charge in [0.05, 0.1) is 14.1 Å². The molecule has 2 heteroatoms. The largest absolute Gasteiger partial charge is 0.265 e. The van der Waals surface area contributed by atoms with Crippen molar-refractivity contribution >= 4 is 5.84 Å². The van der Waals surface area contributed by atoms with Gasteiger partial charge in [-0.2, -0.15) is 0 Å². The highest BCUT2D eigenvalue weighted by Gasteiger charge is 2.18. The summed E-state index contributed by atoms with van der Waals surface area (Å²) < 4.78 is 2.26. The first kappa shape index (κ1) is 13.1. The molecular weight excluding hydrogens is 136 g/mol. The van der Waals surface area contributed by atoms with Crippen molar-refractivity contribution in [2.45, 2.75) is 28.2 Å². The molecule has 1 aliphatic rings. The molecule has 0 spiro atoms. The summed E-state index contributed by atoms with van der Waals surface area (Å²) in [4.78, 5) is 2.26. The lowest BCUT2D eigenvalue weighted by atomic mass is 10.6. The summed E-state index contributed by atoms with van der Waals surface area (Å²) in [5.41, 5.74) is 0. The van der Waals surface area contributed by atoms with Gasteiger partial charge in [0.1, 0.15) is 13.1 Å². The third-order valence-corrected chi connectivity index (χ3v) is 1.88. The fraction of sp³-hybridized carbons (Fsp3) is 0.889. The van der Waals surface area contributed by atoms with Crippen LogP contribution in [0.15, 0.2) is 0 Å². The van der Waals surface area contributed by atoms with Crippen molar-refractivity contribution in [2.24, 2.45) is 0 Å². The first-order valence-electron chi connectivity index (χ1n) is 3.97. The molecule has 0 N–H and O–H groups in total. The predicted octanol–water partition coefficient (Wildman–Crippen LogP) is 1.65. The van der Waals surface area contributed by atoms with Crippen LogP contribution in [0.5, 0.6) is 0 Å². The molecule has 0 aromatic carbocycles. The summed E-state index contributed by atoms with van der Waals surface area (Å²) in [7, 11) is 4.25. The van der Waals surface area contributed by atoms with E-state index in [1.807, 2.05) is 13.8 Å². The van der Waals surface area contributed by atoms with Crippen LogP contribution in [0, 0.1) is 0 Å². The van der Waals surface area contributed by atoms with E-state index in [0.29, 0.717) is 0 Å². The van der Waals surface area contributed by atoms with Gasteiger partial charge in [-0.15, -0.1) is 0 Å². The van der Waals surface area contributed by atoms with Crippen LogP contribution >= 0.6 is 0 Å². The minimum atomic E-state index is 0. The van der Waals surface area contributed by atoms with Crippen molar-refractivity contribution in [3.05, 3.63) is 0 Å². The first-order valence-corrected chi connectivity index (χ1v) is 3.97. The Morgan fingerprint density at radius 2 is 1.82 bits per heavy atom. The Kier molecular flexibility index (Phi) is 7.37. The normalized spacial score (nSPS) is 15.5. The van der Waals surface area contributed by atoms with E-state index in [0.717, 1.165) is 0 Å². The van der Waals surface area contributed by atoms with Gasteiger partial charge in [-0.1, -0.05) is 21.3 Å². The van der Waals surface area contributed by atoms with Gasteiger partial charge in [0, 0.05) is 6.92 Å². The molecule has 0 fully saturated rings. The zero-order valence-corrected chi connectivity index (χ0v) is 7.81. The lowest BCUT2D eigenvalue weighted by Crippen LogP contribution is -2.20. The molecule has 0 amide bonds. The van der Waals surface area contributed by atoms with Crippen LogP contribution in [0.3, 0.4) is 0 Å². The molecule has 0 saturated heterocycles. The summed E-state index contributed by atoms with van der Waals surface area (Å²) in [6.45, 7) is 8.51. The monoisotopic (exact) mass is 159 g/mol. The summed E-state index contributed by atoms with van der Waals surface area (Å²) in [6.07, 6.45) is 0. The maximum atomic E-state index is 2.26. The van der Waals surface area contributed by atoms with Gasteiger partial charge in [-0.25, -0.2) is 0 Å². The van der Waals surface area contributed by atoms with Crippen LogP contribution in [-0.2, 0) is 0 Å². The Balaban J connectivity index is 0. The van der Waals surface area contributed by atoms with Gasteiger partial charge < -0.3 is 0 Å². The van der Waals surface area contributed by atoms with E-state index >= 15 is 0 Å². The van der Waals surface area contributed by atoms with Gasteiger partial charge >= 0.3 is 0 Å². The van der Waals surface area contributed by atoms with Crippen LogP contribution in [0.2, 0.25) is 0 Å². The zero-order chi connectivity index (χ0) is 8.15. The van der Waals surface area contributed by atoms with Crippen molar-refractivity contribution in [3.63, 3.8) is 0 Å². The van der Waals surface area contributed by atoms with Gasteiger partial charge in [0.15, 0.2) is 0 Å². The molecule has 0 radical (unpaired) electrons. The average molecular weight is 159 g/mol. The Bertz CT molecular complexity index is 128.